The number of halogens is 3. The molecule has 0 radical (unpaired) electrons. The van der Waals surface area contributed by atoms with Crippen molar-refractivity contribution in [3.8, 4) is 0 Å². The monoisotopic (exact) mass is 516 g/mol. The van der Waals surface area contributed by atoms with E-state index >= 15 is 8.78 Å². The molecule has 8 unspecified atom stereocenters. The lowest BCUT2D eigenvalue weighted by Crippen LogP contribution is -2.70. The summed E-state index contributed by atoms with van der Waals surface area (Å²) in [6.45, 7) is 4.47. The Bertz CT molecular complexity index is 1000. The summed E-state index contributed by atoms with van der Waals surface area (Å²) in [6.07, 6.45) is -1.58. The van der Waals surface area contributed by atoms with Crippen LogP contribution in [0.5, 0.6) is 0 Å². The zero-order valence-corrected chi connectivity index (χ0v) is 20.7. The van der Waals surface area contributed by atoms with Crippen molar-refractivity contribution in [1.29, 1.82) is 0 Å². The second kappa shape index (κ2) is 8.73. The molecular weight excluding hydrogens is 485 g/mol. The van der Waals surface area contributed by atoms with Crippen molar-refractivity contribution < 1.29 is 42.5 Å². The zero-order chi connectivity index (χ0) is 26.0. The van der Waals surface area contributed by atoms with Gasteiger partial charge in [-0.25, -0.2) is 13.2 Å². The first-order valence-corrected chi connectivity index (χ1v) is 12.8. The van der Waals surface area contributed by atoms with Gasteiger partial charge in [-0.1, -0.05) is 13.0 Å². The van der Waals surface area contributed by atoms with Crippen molar-refractivity contribution in [3.05, 3.63) is 23.8 Å². The first-order chi connectivity index (χ1) is 16.3. The number of carbonyl (C=O) groups excluding carboxylic acids is 3. The van der Waals surface area contributed by atoms with E-state index in [2.05, 4.69) is 0 Å². The number of allylic oxidation sites excluding steroid dienone is 4. The van der Waals surface area contributed by atoms with E-state index in [9.17, 15) is 29.0 Å². The maximum absolute atomic E-state index is 17.2. The molecule has 3 fully saturated rings. The number of esters is 1. The van der Waals surface area contributed by atoms with Gasteiger partial charge in [0.25, 0.3) is 0 Å². The molecule has 194 valence electrons. The SMILES string of the molecule is C[C@@H](O)CC(=O)OC1(C(=O)SCF)CCC2C3CC(F)C4=CC(=O)C=CC4(C)C3(F)C(O)CC21C. The molecule has 0 spiro atoms. The summed E-state index contributed by atoms with van der Waals surface area (Å²) in [7, 11) is 0. The summed E-state index contributed by atoms with van der Waals surface area (Å²) in [5.74, 6) is -3.02. The molecule has 9 atom stereocenters. The highest BCUT2D eigenvalue weighted by molar-refractivity contribution is 8.13. The van der Waals surface area contributed by atoms with Crippen molar-refractivity contribution in [2.24, 2.45) is 22.7 Å². The largest absolute Gasteiger partial charge is 0.449 e. The van der Waals surface area contributed by atoms with Crippen molar-refractivity contribution in [1.82, 2.24) is 0 Å². The second-order valence-corrected chi connectivity index (χ2v) is 11.7. The van der Waals surface area contributed by atoms with Gasteiger partial charge in [0.05, 0.1) is 18.6 Å². The molecule has 4 aliphatic rings. The van der Waals surface area contributed by atoms with E-state index in [4.69, 9.17) is 4.74 Å². The van der Waals surface area contributed by atoms with E-state index in [1.165, 1.54) is 26.0 Å². The average molecular weight is 517 g/mol. The quantitative estimate of drug-likeness (QED) is 0.539. The topological polar surface area (TPSA) is 101 Å². The minimum absolute atomic E-state index is 0.0110. The van der Waals surface area contributed by atoms with E-state index in [0.29, 0.717) is 11.8 Å². The van der Waals surface area contributed by atoms with E-state index in [1.807, 2.05) is 0 Å². The maximum Gasteiger partial charge on any atom is 0.309 e. The van der Waals surface area contributed by atoms with E-state index in [0.717, 1.165) is 6.08 Å². The molecule has 0 aromatic heterocycles. The molecule has 10 heteroatoms. The first kappa shape index (κ1) is 26.4. The molecule has 2 N–H and O–H groups in total. The van der Waals surface area contributed by atoms with E-state index < -0.39 is 81.6 Å². The lowest BCUT2D eigenvalue weighted by atomic mass is 9.44. The van der Waals surface area contributed by atoms with Crippen LogP contribution in [0.2, 0.25) is 0 Å². The Morgan fingerprint density at radius 1 is 1.31 bits per heavy atom. The minimum Gasteiger partial charge on any atom is -0.449 e. The molecule has 0 amide bonds. The Labute approximate surface area is 206 Å². The zero-order valence-electron chi connectivity index (χ0n) is 19.9. The van der Waals surface area contributed by atoms with Crippen LogP contribution >= 0.6 is 11.8 Å². The van der Waals surface area contributed by atoms with Crippen LogP contribution in [-0.2, 0) is 19.1 Å². The Hall–Kier alpha value is -1.65. The van der Waals surface area contributed by atoms with Crippen LogP contribution in [0.25, 0.3) is 0 Å². The third kappa shape index (κ3) is 3.57. The van der Waals surface area contributed by atoms with E-state index in [1.54, 1.807) is 6.92 Å². The summed E-state index contributed by atoms with van der Waals surface area (Å²) in [5.41, 5.74) is -7.08. The van der Waals surface area contributed by atoms with Gasteiger partial charge in [-0.3, -0.25) is 14.4 Å². The summed E-state index contributed by atoms with van der Waals surface area (Å²) < 4.78 is 51.6. The van der Waals surface area contributed by atoms with Crippen molar-refractivity contribution in [2.45, 2.75) is 82.5 Å². The minimum atomic E-state index is -2.33. The molecule has 0 aromatic rings. The van der Waals surface area contributed by atoms with Gasteiger partial charge in [-0.2, -0.15) is 0 Å². The number of alkyl halides is 3. The number of hydrogen-bond acceptors (Lipinski definition) is 7. The number of ether oxygens (including phenoxy) is 1. The maximum atomic E-state index is 17.2. The van der Waals surface area contributed by atoms with Gasteiger partial charge in [-0.05, 0) is 74.9 Å². The smallest absolute Gasteiger partial charge is 0.309 e. The van der Waals surface area contributed by atoms with Crippen LogP contribution in [-0.4, -0.2) is 62.7 Å². The number of fused-ring (bicyclic) bond motifs is 5. The molecule has 3 saturated carbocycles. The number of carbonyl (C=O) groups is 3. The predicted molar refractivity (Wildman–Crippen MR) is 122 cm³/mol. The number of aliphatic hydroxyl groups is 2. The van der Waals surface area contributed by atoms with Crippen molar-refractivity contribution in [2.75, 3.05) is 6.01 Å². The highest BCUT2D eigenvalue weighted by atomic mass is 32.2. The molecule has 6 nitrogen and oxygen atoms in total. The Morgan fingerprint density at radius 3 is 2.63 bits per heavy atom. The van der Waals surface area contributed by atoms with Gasteiger partial charge in [0.15, 0.2) is 17.1 Å². The molecule has 0 heterocycles. The Morgan fingerprint density at radius 2 is 2.00 bits per heavy atom. The summed E-state index contributed by atoms with van der Waals surface area (Å²) in [6, 6.07) is -1.06. The molecule has 0 aliphatic heterocycles. The Kier molecular flexibility index (Phi) is 6.59. The number of rotatable bonds is 5. The lowest BCUT2D eigenvalue weighted by molar-refractivity contribution is -0.226. The Balaban J connectivity index is 1.80. The first-order valence-electron chi connectivity index (χ1n) is 11.9. The fourth-order valence-electron chi connectivity index (χ4n) is 7.38. The van der Waals surface area contributed by atoms with Crippen LogP contribution in [0.4, 0.5) is 13.2 Å². The predicted octanol–water partition coefficient (Wildman–Crippen LogP) is 3.54. The molecule has 35 heavy (non-hydrogen) atoms. The van der Waals surface area contributed by atoms with Crippen LogP contribution in [0, 0.1) is 22.7 Å². The molecule has 0 bridgehead atoms. The van der Waals surface area contributed by atoms with Gasteiger partial charge < -0.3 is 14.9 Å². The van der Waals surface area contributed by atoms with Gasteiger partial charge in [-0.15, -0.1) is 0 Å². The fourth-order valence-corrected chi connectivity index (χ4v) is 8.09. The van der Waals surface area contributed by atoms with Crippen molar-refractivity contribution in [3.63, 3.8) is 0 Å². The highest BCUT2D eigenvalue weighted by Crippen LogP contribution is 2.71. The van der Waals surface area contributed by atoms with Gasteiger partial charge in [0, 0.05) is 16.7 Å². The second-order valence-electron chi connectivity index (χ2n) is 10.8. The van der Waals surface area contributed by atoms with Crippen LogP contribution in [0.3, 0.4) is 0 Å². The van der Waals surface area contributed by atoms with Crippen LogP contribution in [0.1, 0.15) is 52.9 Å². The van der Waals surface area contributed by atoms with Gasteiger partial charge >= 0.3 is 5.97 Å². The summed E-state index contributed by atoms with van der Waals surface area (Å²) in [4.78, 5) is 37.8. The third-order valence-electron chi connectivity index (χ3n) is 9.01. The molecular formula is C25H31F3O6S. The van der Waals surface area contributed by atoms with Crippen LogP contribution < -0.4 is 0 Å². The standard InChI is InChI=1S/C25H31F3O6S/c1-13(29)8-20(32)34-24(21(33)35-12-26)7-5-15-16-10-18(27)17-9-14(30)4-6-22(17,2)25(16,28)19(31)11-23(15,24)3/h4,6,9,13,15-16,18-19,29,31H,5,7-8,10-12H2,1-3H3/t13-,15?,16?,18?,19?,22?,23?,24?,25?/m1/s1. The highest BCUT2D eigenvalue weighted by Gasteiger charge is 2.76. The van der Waals surface area contributed by atoms with Gasteiger partial charge in [0.1, 0.15) is 12.2 Å². The normalized spacial score (nSPS) is 45.1. The average Bonchev–Trinajstić information content (AvgIpc) is 3.04. The van der Waals surface area contributed by atoms with Crippen LogP contribution in [0.15, 0.2) is 23.8 Å². The van der Waals surface area contributed by atoms with Crippen molar-refractivity contribution >= 4 is 28.6 Å². The van der Waals surface area contributed by atoms with Gasteiger partial charge in [0.2, 0.25) is 5.12 Å². The molecule has 4 rings (SSSR count). The third-order valence-corrected chi connectivity index (χ3v) is 9.72. The number of thioether (sulfide) groups is 1. The lowest BCUT2D eigenvalue weighted by Gasteiger charge is -2.63. The summed E-state index contributed by atoms with van der Waals surface area (Å²) >= 11 is 0.338. The number of ketones is 1. The number of hydrogen-bond donors (Lipinski definition) is 2. The number of aliphatic hydroxyl groups excluding tert-OH is 2. The van der Waals surface area contributed by atoms with E-state index in [-0.39, 0.29) is 31.3 Å². The molecule has 0 saturated heterocycles. The summed E-state index contributed by atoms with van der Waals surface area (Å²) in [5, 5.41) is 20.2. The fraction of sp³-hybridized carbons (Fsp3) is 0.720. The molecule has 4 aliphatic carbocycles. The molecule has 0 aromatic carbocycles.